The lowest BCUT2D eigenvalue weighted by Gasteiger charge is -2.37. The summed E-state index contributed by atoms with van der Waals surface area (Å²) in [4.78, 5) is 16.0. The van der Waals surface area contributed by atoms with Crippen molar-refractivity contribution < 1.29 is 0 Å². The van der Waals surface area contributed by atoms with E-state index in [0.29, 0.717) is 23.3 Å². The van der Waals surface area contributed by atoms with Crippen molar-refractivity contribution in [1.82, 2.24) is 24.9 Å². The predicted octanol–water partition coefficient (Wildman–Crippen LogP) is 4.29. The lowest BCUT2D eigenvalue weighted by atomic mass is 10.0. The molecule has 0 aliphatic carbocycles. The van der Waals surface area contributed by atoms with Crippen LogP contribution < -0.4 is 22.2 Å². The highest BCUT2D eigenvalue weighted by Gasteiger charge is 2.23. The molecule has 9 nitrogen and oxygen atoms in total. The van der Waals surface area contributed by atoms with E-state index >= 15 is 0 Å². The second kappa shape index (κ2) is 11.6. The normalized spacial score (nSPS) is 15.4. The maximum Gasteiger partial charge on any atom is 0.145 e. The van der Waals surface area contributed by atoms with Crippen LogP contribution in [-0.4, -0.2) is 56.1 Å². The number of aromatic nitrogens is 3. The molecule has 0 unspecified atom stereocenters. The molecule has 0 amide bonds. The first-order valence-corrected chi connectivity index (χ1v) is 12.9. The average Bonchev–Trinajstić information content (AvgIpc) is 2.88. The Kier molecular flexibility index (Phi) is 8.25. The van der Waals surface area contributed by atoms with Crippen LogP contribution in [0.4, 0.5) is 11.6 Å². The monoisotopic (exact) mass is 501 g/mol. The minimum atomic E-state index is 0.260. The Morgan fingerprint density at radius 1 is 1.08 bits per heavy atom. The van der Waals surface area contributed by atoms with Gasteiger partial charge in [-0.05, 0) is 58.1 Å². The number of benzene rings is 1. The highest BCUT2D eigenvalue weighted by Crippen LogP contribution is 2.25. The zero-order valence-electron chi connectivity index (χ0n) is 22.3. The molecule has 4 rings (SSSR count). The molecule has 1 saturated heterocycles. The summed E-state index contributed by atoms with van der Waals surface area (Å²) < 4.78 is 0. The number of hydrogen-bond donors (Lipinski definition) is 4. The quantitative estimate of drug-likeness (QED) is 0.193. The van der Waals surface area contributed by atoms with Crippen LogP contribution in [0.3, 0.4) is 0 Å². The SMILES string of the molecule is C=C(Nc1cc2cc(-c3cncc(NC(C)C)n3)ccc2cn1)/C(N)=C/N(N)C1CCN(C(C)C)CC1. The van der Waals surface area contributed by atoms with Crippen LogP contribution in [0.2, 0.25) is 0 Å². The van der Waals surface area contributed by atoms with Crippen molar-refractivity contribution in [3.05, 3.63) is 67.0 Å². The van der Waals surface area contributed by atoms with Gasteiger partial charge in [0.05, 0.1) is 29.5 Å². The van der Waals surface area contributed by atoms with Crippen molar-refractivity contribution >= 4 is 22.4 Å². The van der Waals surface area contributed by atoms with E-state index in [0.717, 1.165) is 53.8 Å². The zero-order valence-corrected chi connectivity index (χ0v) is 22.3. The number of nitrogens with two attached hydrogens (primary N) is 2. The van der Waals surface area contributed by atoms with E-state index < -0.39 is 0 Å². The highest BCUT2D eigenvalue weighted by atomic mass is 15.4. The smallest absolute Gasteiger partial charge is 0.145 e. The fourth-order valence-corrected chi connectivity index (χ4v) is 4.51. The summed E-state index contributed by atoms with van der Waals surface area (Å²) >= 11 is 0. The third kappa shape index (κ3) is 6.75. The fourth-order valence-electron chi connectivity index (χ4n) is 4.51. The van der Waals surface area contributed by atoms with Gasteiger partial charge in [-0.15, -0.1) is 0 Å². The van der Waals surface area contributed by atoms with Crippen molar-refractivity contribution in [3.8, 4) is 11.3 Å². The molecule has 9 heteroatoms. The molecule has 0 radical (unpaired) electrons. The number of hydrogen-bond acceptors (Lipinski definition) is 9. The molecule has 0 bridgehead atoms. The Labute approximate surface area is 219 Å². The van der Waals surface area contributed by atoms with Crippen molar-refractivity contribution in [3.63, 3.8) is 0 Å². The summed E-state index contributed by atoms with van der Waals surface area (Å²) in [5.74, 6) is 7.75. The summed E-state index contributed by atoms with van der Waals surface area (Å²) in [6.45, 7) is 14.8. The molecule has 1 fully saturated rings. The summed E-state index contributed by atoms with van der Waals surface area (Å²) in [5, 5.41) is 10.3. The van der Waals surface area contributed by atoms with Gasteiger partial charge in [0, 0.05) is 54.6 Å². The number of nitrogens with one attached hydrogen (secondary N) is 2. The van der Waals surface area contributed by atoms with Crippen LogP contribution in [-0.2, 0) is 0 Å². The van der Waals surface area contributed by atoms with Gasteiger partial charge in [-0.1, -0.05) is 18.7 Å². The average molecular weight is 502 g/mol. The van der Waals surface area contributed by atoms with Crippen LogP contribution in [0.5, 0.6) is 0 Å². The second-order valence-corrected chi connectivity index (χ2v) is 10.2. The fraction of sp³-hybridized carbons (Fsp3) is 0.393. The lowest BCUT2D eigenvalue weighted by molar-refractivity contribution is 0.118. The molecule has 3 heterocycles. The Morgan fingerprint density at radius 2 is 1.84 bits per heavy atom. The van der Waals surface area contributed by atoms with Gasteiger partial charge in [-0.3, -0.25) is 4.98 Å². The van der Waals surface area contributed by atoms with Gasteiger partial charge >= 0.3 is 0 Å². The number of nitrogens with zero attached hydrogens (tertiary/aromatic N) is 5. The molecular formula is C28H39N9. The molecule has 196 valence electrons. The van der Waals surface area contributed by atoms with E-state index in [2.05, 4.69) is 65.8 Å². The van der Waals surface area contributed by atoms with Crippen molar-refractivity contribution in [2.24, 2.45) is 11.6 Å². The van der Waals surface area contributed by atoms with Crippen LogP contribution in [0.1, 0.15) is 40.5 Å². The maximum absolute atomic E-state index is 6.34. The maximum atomic E-state index is 6.34. The highest BCUT2D eigenvalue weighted by molar-refractivity contribution is 5.88. The molecule has 37 heavy (non-hydrogen) atoms. The Balaban J connectivity index is 1.45. The number of rotatable bonds is 9. The van der Waals surface area contributed by atoms with E-state index in [9.17, 15) is 0 Å². The van der Waals surface area contributed by atoms with Crippen molar-refractivity contribution in [1.29, 1.82) is 0 Å². The minimum absolute atomic E-state index is 0.260. The Morgan fingerprint density at radius 3 is 2.54 bits per heavy atom. The minimum Gasteiger partial charge on any atom is -0.396 e. The molecule has 0 spiro atoms. The van der Waals surface area contributed by atoms with Gasteiger partial charge < -0.3 is 26.3 Å². The molecule has 1 aliphatic heterocycles. The van der Waals surface area contributed by atoms with E-state index in [1.54, 1.807) is 23.6 Å². The molecule has 0 atom stereocenters. The Bertz CT molecular complexity index is 1260. The number of fused-ring (bicyclic) bond motifs is 1. The summed E-state index contributed by atoms with van der Waals surface area (Å²) in [7, 11) is 0. The van der Waals surface area contributed by atoms with Gasteiger partial charge in [0.15, 0.2) is 0 Å². The molecule has 3 aromatic rings. The van der Waals surface area contributed by atoms with E-state index in [1.165, 1.54) is 0 Å². The molecule has 0 saturated carbocycles. The summed E-state index contributed by atoms with van der Waals surface area (Å²) in [6.07, 6.45) is 9.11. The van der Waals surface area contributed by atoms with Crippen LogP contribution in [0, 0.1) is 0 Å². The van der Waals surface area contributed by atoms with Gasteiger partial charge in [0.1, 0.15) is 11.6 Å². The number of likely N-dealkylation sites (tertiary alicyclic amines) is 1. The van der Waals surface area contributed by atoms with Crippen LogP contribution >= 0.6 is 0 Å². The molecule has 1 aromatic carbocycles. The molecule has 2 aromatic heterocycles. The second-order valence-electron chi connectivity index (χ2n) is 10.2. The first-order chi connectivity index (χ1) is 17.7. The van der Waals surface area contributed by atoms with Crippen LogP contribution in [0.25, 0.3) is 22.0 Å². The standard InChI is InChI=1S/C28H39N9/c1-18(2)33-28-16-31-15-26(35-28)21-6-7-22-14-32-27(13-23(22)12-21)34-20(5)25(29)17-37(30)24-8-10-36(11-9-24)19(3)4/h6-7,12-19,24H,5,8-11,29-30H2,1-4H3,(H,32,34)(H,33,35)/b25-17-. The third-order valence-corrected chi connectivity index (χ3v) is 6.66. The molecule has 1 aliphatic rings. The zero-order chi connectivity index (χ0) is 26.5. The van der Waals surface area contributed by atoms with Gasteiger partial charge in [-0.25, -0.2) is 15.8 Å². The number of pyridine rings is 1. The lowest BCUT2D eigenvalue weighted by Crippen LogP contribution is -2.47. The Hall–Kier alpha value is -3.69. The predicted molar refractivity (Wildman–Crippen MR) is 152 cm³/mol. The first kappa shape index (κ1) is 26.4. The third-order valence-electron chi connectivity index (χ3n) is 6.66. The molecular weight excluding hydrogens is 462 g/mol. The van der Waals surface area contributed by atoms with Crippen molar-refractivity contribution in [2.45, 2.75) is 58.7 Å². The summed E-state index contributed by atoms with van der Waals surface area (Å²) in [5.41, 5.74) is 9.14. The van der Waals surface area contributed by atoms with E-state index in [-0.39, 0.29) is 12.1 Å². The van der Waals surface area contributed by atoms with E-state index in [1.807, 2.05) is 24.4 Å². The van der Waals surface area contributed by atoms with Crippen molar-refractivity contribution in [2.75, 3.05) is 23.7 Å². The number of hydrazine groups is 1. The summed E-state index contributed by atoms with van der Waals surface area (Å²) in [6, 6.07) is 9.21. The van der Waals surface area contributed by atoms with Gasteiger partial charge in [0.25, 0.3) is 0 Å². The van der Waals surface area contributed by atoms with Crippen LogP contribution in [0.15, 0.2) is 67.0 Å². The number of piperidine rings is 1. The van der Waals surface area contributed by atoms with Gasteiger partial charge in [0.2, 0.25) is 0 Å². The topological polar surface area (TPSA) is 121 Å². The molecule has 6 N–H and O–H groups in total. The van der Waals surface area contributed by atoms with E-state index in [4.69, 9.17) is 16.6 Å². The number of anilines is 2. The largest absolute Gasteiger partial charge is 0.396 e. The van der Waals surface area contributed by atoms with Gasteiger partial charge in [-0.2, -0.15) is 0 Å². The first-order valence-electron chi connectivity index (χ1n) is 12.9.